The number of nitrogens with one attached hydrogen (secondary N) is 2. The molecule has 0 fully saturated rings. The van der Waals surface area contributed by atoms with Crippen molar-refractivity contribution < 1.29 is 4.79 Å². The summed E-state index contributed by atoms with van der Waals surface area (Å²) in [6.45, 7) is 6.81. The van der Waals surface area contributed by atoms with E-state index in [1.807, 2.05) is 38.2 Å². The number of carbonyl (C=O) groups excluding carboxylic acids is 1. The molecule has 1 unspecified atom stereocenters. The van der Waals surface area contributed by atoms with E-state index >= 15 is 0 Å². The lowest BCUT2D eigenvalue weighted by molar-refractivity contribution is -0.126. The smallest absolute Gasteiger partial charge is 0.224 e. The topological polar surface area (TPSA) is 41.1 Å². The zero-order valence-corrected chi connectivity index (χ0v) is 13.6. The highest BCUT2D eigenvalue weighted by atomic mass is 35.5. The summed E-state index contributed by atoms with van der Waals surface area (Å²) in [7, 11) is 1.86. The molecule has 0 bridgehead atoms. The molecule has 112 valence electrons. The fourth-order valence-corrected chi connectivity index (χ4v) is 2.56. The van der Waals surface area contributed by atoms with Crippen LogP contribution in [0, 0.1) is 5.92 Å². The van der Waals surface area contributed by atoms with Gasteiger partial charge < -0.3 is 10.6 Å². The Kier molecular flexibility index (Phi) is 6.50. The third-order valence-electron chi connectivity index (χ3n) is 3.92. The molecule has 0 aliphatic rings. The van der Waals surface area contributed by atoms with Gasteiger partial charge in [-0.3, -0.25) is 4.79 Å². The van der Waals surface area contributed by atoms with E-state index in [1.165, 1.54) is 0 Å². The Morgan fingerprint density at radius 2 is 1.80 bits per heavy atom. The van der Waals surface area contributed by atoms with Crippen molar-refractivity contribution in [2.45, 2.75) is 39.2 Å². The minimum absolute atomic E-state index is 0.0511. The molecule has 1 rings (SSSR count). The Labute approximate surface area is 127 Å². The molecule has 1 aromatic rings. The first-order chi connectivity index (χ1) is 9.49. The maximum absolute atomic E-state index is 12.3. The van der Waals surface area contributed by atoms with Crippen LogP contribution in [-0.2, 0) is 10.3 Å². The van der Waals surface area contributed by atoms with Crippen molar-refractivity contribution in [3.63, 3.8) is 0 Å². The molecule has 1 amide bonds. The summed E-state index contributed by atoms with van der Waals surface area (Å²) in [5.41, 5.74) is 0.792. The molecule has 4 heteroatoms. The van der Waals surface area contributed by atoms with Crippen molar-refractivity contribution in [3.8, 4) is 0 Å². The lowest BCUT2D eigenvalue weighted by Crippen LogP contribution is -2.48. The lowest BCUT2D eigenvalue weighted by Gasteiger charge is -2.34. The molecular weight excluding hydrogens is 272 g/mol. The van der Waals surface area contributed by atoms with Crippen molar-refractivity contribution in [3.05, 3.63) is 34.9 Å². The Balaban J connectivity index is 2.97. The molecular formula is C16H25ClN2O. The Bertz CT molecular complexity index is 427. The molecule has 0 aliphatic heterocycles. The quantitative estimate of drug-likeness (QED) is 0.810. The first kappa shape index (κ1) is 17.0. The van der Waals surface area contributed by atoms with Crippen LogP contribution in [0.4, 0.5) is 0 Å². The van der Waals surface area contributed by atoms with Crippen LogP contribution in [0.1, 0.15) is 39.2 Å². The van der Waals surface area contributed by atoms with Crippen molar-refractivity contribution >= 4 is 17.5 Å². The van der Waals surface area contributed by atoms with Gasteiger partial charge >= 0.3 is 0 Å². The van der Waals surface area contributed by atoms with Gasteiger partial charge in [-0.05, 0) is 37.6 Å². The number of hydrogen-bond donors (Lipinski definition) is 2. The third kappa shape index (κ3) is 3.97. The average molecular weight is 297 g/mol. The maximum atomic E-state index is 12.3. The Morgan fingerprint density at radius 3 is 2.25 bits per heavy atom. The first-order valence-electron chi connectivity index (χ1n) is 7.21. The minimum Gasteiger partial charge on any atom is -0.346 e. The molecule has 1 aromatic carbocycles. The predicted molar refractivity (Wildman–Crippen MR) is 84.9 cm³/mol. The van der Waals surface area contributed by atoms with E-state index in [-0.39, 0.29) is 17.4 Å². The largest absolute Gasteiger partial charge is 0.346 e. The van der Waals surface area contributed by atoms with Crippen molar-refractivity contribution in [1.82, 2.24) is 10.6 Å². The molecule has 0 saturated heterocycles. The molecule has 20 heavy (non-hydrogen) atoms. The van der Waals surface area contributed by atoms with E-state index in [0.717, 1.165) is 18.4 Å². The van der Waals surface area contributed by atoms with Gasteiger partial charge in [-0.1, -0.05) is 44.5 Å². The van der Waals surface area contributed by atoms with Gasteiger partial charge in [0.05, 0.1) is 5.54 Å². The van der Waals surface area contributed by atoms with E-state index in [4.69, 9.17) is 11.6 Å². The highest BCUT2D eigenvalue weighted by molar-refractivity contribution is 6.30. The fourth-order valence-electron chi connectivity index (χ4n) is 2.43. The number of rotatable bonds is 7. The molecule has 0 heterocycles. The second-order valence-corrected chi connectivity index (χ2v) is 5.68. The second-order valence-electron chi connectivity index (χ2n) is 5.24. The molecule has 0 aromatic heterocycles. The van der Waals surface area contributed by atoms with Gasteiger partial charge in [0, 0.05) is 17.5 Å². The number of carbonyl (C=O) groups is 1. The normalized spacial score (nSPS) is 13.1. The standard InChI is InChI=1S/C16H25ClN2O/c1-5-16(6-2,13-7-9-14(17)10-8-13)19-15(20)12(3)11-18-4/h7-10,12,18H,5-6,11H2,1-4H3,(H,19,20). The van der Waals surface area contributed by atoms with Gasteiger partial charge in [0.2, 0.25) is 5.91 Å². The van der Waals surface area contributed by atoms with Crippen molar-refractivity contribution in [2.75, 3.05) is 13.6 Å². The summed E-state index contributed by atoms with van der Waals surface area (Å²) < 4.78 is 0. The van der Waals surface area contributed by atoms with Crippen LogP contribution in [0.15, 0.2) is 24.3 Å². The summed E-state index contributed by atoms with van der Waals surface area (Å²) in [6.07, 6.45) is 1.70. The van der Waals surface area contributed by atoms with Crippen LogP contribution in [0.2, 0.25) is 5.02 Å². The van der Waals surface area contributed by atoms with Gasteiger partial charge in [0.15, 0.2) is 0 Å². The van der Waals surface area contributed by atoms with Gasteiger partial charge in [0.25, 0.3) is 0 Å². The summed E-state index contributed by atoms with van der Waals surface area (Å²) in [5, 5.41) is 6.98. The van der Waals surface area contributed by atoms with Crippen LogP contribution in [0.25, 0.3) is 0 Å². The molecule has 0 saturated carbocycles. The van der Waals surface area contributed by atoms with Crippen LogP contribution in [-0.4, -0.2) is 19.5 Å². The zero-order valence-electron chi connectivity index (χ0n) is 12.8. The fraction of sp³-hybridized carbons (Fsp3) is 0.562. The van der Waals surface area contributed by atoms with Gasteiger partial charge in [-0.15, -0.1) is 0 Å². The van der Waals surface area contributed by atoms with Gasteiger partial charge in [-0.25, -0.2) is 0 Å². The van der Waals surface area contributed by atoms with E-state index in [1.54, 1.807) is 0 Å². The van der Waals surface area contributed by atoms with Crippen LogP contribution in [0.3, 0.4) is 0 Å². The monoisotopic (exact) mass is 296 g/mol. The van der Waals surface area contributed by atoms with Gasteiger partial charge in [-0.2, -0.15) is 0 Å². The minimum atomic E-state index is -0.316. The predicted octanol–water partition coefficient (Wildman–Crippen LogP) is 3.33. The molecule has 3 nitrogen and oxygen atoms in total. The summed E-state index contributed by atoms with van der Waals surface area (Å²) in [5.74, 6) is 0.0303. The third-order valence-corrected chi connectivity index (χ3v) is 4.18. The Hall–Kier alpha value is -1.06. The molecule has 0 spiro atoms. The zero-order chi connectivity index (χ0) is 15.2. The van der Waals surface area contributed by atoms with E-state index in [0.29, 0.717) is 11.6 Å². The number of halogens is 1. The highest BCUT2D eigenvalue weighted by Crippen LogP contribution is 2.30. The van der Waals surface area contributed by atoms with Gasteiger partial charge in [0.1, 0.15) is 0 Å². The summed E-state index contributed by atoms with van der Waals surface area (Å²) in [4.78, 5) is 12.3. The number of amides is 1. The van der Waals surface area contributed by atoms with E-state index in [2.05, 4.69) is 24.5 Å². The van der Waals surface area contributed by atoms with E-state index < -0.39 is 0 Å². The Morgan fingerprint density at radius 1 is 1.25 bits per heavy atom. The average Bonchev–Trinajstić information content (AvgIpc) is 2.46. The second kappa shape index (κ2) is 7.65. The van der Waals surface area contributed by atoms with Crippen molar-refractivity contribution in [1.29, 1.82) is 0 Å². The molecule has 2 N–H and O–H groups in total. The maximum Gasteiger partial charge on any atom is 0.224 e. The van der Waals surface area contributed by atoms with Crippen molar-refractivity contribution in [2.24, 2.45) is 5.92 Å². The molecule has 1 atom stereocenters. The molecule has 0 radical (unpaired) electrons. The number of benzene rings is 1. The van der Waals surface area contributed by atoms with Crippen LogP contribution >= 0.6 is 11.6 Å². The number of hydrogen-bond acceptors (Lipinski definition) is 2. The summed E-state index contributed by atoms with van der Waals surface area (Å²) >= 11 is 5.95. The lowest BCUT2D eigenvalue weighted by atomic mass is 9.84. The first-order valence-corrected chi connectivity index (χ1v) is 7.59. The van der Waals surface area contributed by atoms with E-state index in [9.17, 15) is 4.79 Å². The molecule has 0 aliphatic carbocycles. The van der Waals surface area contributed by atoms with Crippen LogP contribution < -0.4 is 10.6 Å². The SMILES string of the molecule is CCC(CC)(NC(=O)C(C)CNC)c1ccc(Cl)cc1. The summed E-state index contributed by atoms with van der Waals surface area (Å²) in [6, 6.07) is 7.75. The van der Waals surface area contributed by atoms with Crippen LogP contribution in [0.5, 0.6) is 0 Å². The highest BCUT2D eigenvalue weighted by Gasteiger charge is 2.31.